The van der Waals surface area contributed by atoms with E-state index in [0.717, 1.165) is 24.6 Å². The lowest BCUT2D eigenvalue weighted by Crippen LogP contribution is -2.47. The van der Waals surface area contributed by atoms with Crippen LogP contribution in [-0.2, 0) is 4.74 Å². The number of carbonyl (C=O) groups excluding carboxylic acids is 1. The van der Waals surface area contributed by atoms with Gasteiger partial charge in [0.1, 0.15) is 17.2 Å². The predicted octanol–water partition coefficient (Wildman–Crippen LogP) is 3.61. The molecule has 3 heterocycles. The lowest BCUT2D eigenvalue weighted by atomic mass is 10.1. The van der Waals surface area contributed by atoms with Crippen molar-refractivity contribution in [1.29, 1.82) is 0 Å². The van der Waals surface area contributed by atoms with Crippen molar-refractivity contribution in [3.63, 3.8) is 0 Å². The first kappa shape index (κ1) is 23.3. The average molecular weight is 488 g/mol. The zero-order valence-electron chi connectivity index (χ0n) is 19.9. The Kier molecular flexibility index (Phi) is 6.28. The van der Waals surface area contributed by atoms with Crippen LogP contribution in [0.5, 0.6) is 0 Å². The molecule has 4 aromatic rings. The lowest BCUT2D eigenvalue weighted by molar-refractivity contribution is 0.0524. The summed E-state index contributed by atoms with van der Waals surface area (Å²) >= 11 is 0. The van der Waals surface area contributed by atoms with Crippen LogP contribution in [0.25, 0.3) is 16.6 Å². The van der Waals surface area contributed by atoms with Crippen LogP contribution in [0.1, 0.15) is 17.3 Å². The monoisotopic (exact) mass is 487 g/mol. The smallest absolute Gasteiger partial charge is 0.343 e. The van der Waals surface area contributed by atoms with Gasteiger partial charge in [-0.1, -0.05) is 6.07 Å². The van der Waals surface area contributed by atoms with E-state index in [4.69, 9.17) is 10.5 Å². The number of aromatic nitrogens is 2. The Balaban J connectivity index is 1.58. The number of piperazine rings is 1. The molecule has 0 amide bonds. The van der Waals surface area contributed by atoms with E-state index in [1.54, 1.807) is 35.9 Å². The Morgan fingerprint density at radius 2 is 1.78 bits per heavy atom. The largest absolute Gasteiger partial charge is 0.462 e. The summed E-state index contributed by atoms with van der Waals surface area (Å²) in [4.78, 5) is 34.6. The Hall–Kier alpha value is -4.40. The standard InChI is InChI=1S/C27H26FN5O3/c1-2-36-27(35)21-17-33(19-8-6-18(28)7-9-19)23-16-24(22(29)15-20(23)26(21)34)31-11-13-32(14-12-31)25-5-3-4-10-30-25/h3-10,15-17H,2,11-14,29H2,1H3. The molecule has 0 bridgehead atoms. The quantitative estimate of drug-likeness (QED) is 0.340. The highest BCUT2D eigenvalue weighted by atomic mass is 19.1. The van der Waals surface area contributed by atoms with Gasteiger partial charge in [-0.25, -0.2) is 14.2 Å². The number of ether oxygens (including phenoxy) is 1. The average Bonchev–Trinajstić information content (AvgIpc) is 2.90. The Morgan fingerprint density at radius 3 is 2.44 bits per heavy atom. The summed E-state index contributed by atoms with van der Waals surface area (Å²) in [6.07, 6.45) is 3.23. The first-order valence-corrected chi connectivity index (χ1v) is 11.8. The van der Waals surface area contributed by atoms with Crippen molar-refractivity contribution in [2.24, 2.45) is 0 Å². The van der Waals surface area contributed by atoms with E-state index in [-0.39, 0.29) is 18.0 Å². The molecule has 0 saturated carbocycles. The van der Waals surface area contributed by atoms with E-state index < -0.39 is 11.4 Å². The van der Waals surface area contributed by atoms with Gasteiger partial charge in [0.2, 0.25) is 5.43 Å². The maximum absolute atomic E-state index is 13.6. The summed E-state index contributed by atoms with van der Waals surface area (Å²) in [5, 5.41) is 0.290. The first-order chi connectivity index (χ1) is 17.5. The molecule has 0 aliphatic carbocycles. The third kappa shape index (κ3) is 4.35. The van der Waals surface area contributed by atoms with Crippen molar-refractivity contribution in [2.45, 2.75) is 6.92 Å². The third-order valence-electron chi connectivity index (χ3n) is 6.35. The van der Waals surface area contributed by atoms with Crippen LogP contribution < -0.4 is 21.0 Å². The Morgan fingerprint density at radius 1 is 1.06 bits per heavy atom. The second-order valence-corrected chi connectivity index (χ2v) is 8.53. The second kappa shape index (κ2) is 9.69. The van der Waals surface area contributed by atoms with Crippen molar-refractivity contribution in [3.8, 4) is 5.69 Å². The van der Waals surface area contributed by atoms with Gasteiger partial charge < -0.3 is 24.8 Å². The van der Waals surface area contributed by atoms with E-state index in [9.17, 15) is 14.0 Å². The van der Waals surface area contributed by atoms with Crippen LogP contribution in [0.15, 0.2) is 71.8 Å². The SMILES string of the molecule is CCOC(=O)c1cn(-c2ccc(F)cc2)c2cc(N3CCN(c4ccccn4)CC3)c(N)cc2c1=O. The van der Waals surface area contributed by atoms with E-state index >= 15 is 0 Å². The number of esters is 1. The van der Waals surface area contributed by atoms with Gasteiger partial charge in [-0.3, -0.25) is 4.79 Å². The van der Waals surface area contributed by atoms with Crippen LogP contribution in [0.2, 0.25) is 0 Å². The highest BCUT2D eigenvalue weighted by Gasteiger charge is 2.23. The number of nitrogens with two attached hydrogens (primary N) is 1. The third-order valence-corrected chi connectivity index (χ3v) is 6.35. The number of anilines is 3. The molecule has 5 rings (SSSR count). The number of fused-ring (bicyclic) bond motifs is 1. The van der Waals surface area contributed by atoms with Gasteiger partial charge in [0.25, 0.3) is 0 Å². The number of rotatable bonds is 5. The van der Waals surface area contributed by atoms with Crippen LogP contribution in [-0.4, -0.2) is 48.3 Å². The summed E-state index contributed by atoms with van der Waals surface area (Å²) in [5.74, 6) is -0.167. The van der Waals surface area contributed by atoms with Crippen LogP contribution in [0.3, 0.4) is 0 Å². The fourth-order valence-electron chi connectivity index (χ4n) is 4.54. The highest BCUT2D eigenvalue weighted by molar-refractivity contribution is 5.97. The fraction of sp³-hybridized carbons (Fsp3) is 0.222. The number of carbonyl (C=O) groups is 1. The van der Waals surface area contributed by atoms with Crippen LogP contribution in [0.4, 0.5) is 21.6 Å². The van der Waals surface area contributed by atoms with E-state index in [2.05, 4.69) is 14.8 Å². The molecule has 0 unspecified atom stereocenters. The lowest BCUT2D eigenvalue weighted by Gasteiger charge is -2.37. The number of pyridine rings is 2. The molecule has 184 valence electrons. The molecule has 1 aliphatic rings. The van der Waals surface area contributed by atoms with E-state index in [1.807, 2.05) is 24.3 Å². The molecule has 8 nitrogen and oxygen atoms in total. The zero-order valence-corrected chi connectivity index (χ0v) is 19.9. The van der Waals surface area contributed by atoms with Gasteiger partial charge in [0.05, 0.1) is 23.5 Å². The molecule has 1 fully saturated rings. The predicted molar refractivity (Wildman–Crippen MR) is 139 cm³/mol. The fourth-order valence-corrected chi connectivity index (χ4v) is 4.54. The maximum atomic E-state index is 13.6. The van der Waals surface area contributed by atoms with Crippen LogP contribution >= 0.6 is 0 Å². The molecule has 0 spiro atoms. The van der Waals surface area contributed by atoms with Gasteiger partial charge in [-0.15, -0.1) is 0 Å². The van der Waals surface area contributed by atoms with Crippen molar-refractivity contribution in [2.75, 3.05) is 48.3 Å². The van der Waals surface area contributed by atoms with Gasteiger partial charge in [0, 0.05) is 49.6 Å². The topological polar surface area (TPSA) is 93.7 Å². The number of hydrogen-bond donors (Lipinski definition) is 1. The molecule has 1 aliphatic heterocycles. The van der Waals surface area contributed by atoms with Gasteiger partial charge >= 0.3 is 5.97 Å². The van der Waals surface area contributed by atoms with Crippen molar-refractivity contribution in [1.82, 2.24) is 9.55 Å². The summed E-state index contributed by atoms with van der Waals surface area (Å²) in [5.41, 5.74) is 8.28. The molecule has 2 aromatic heterocycles. The number of nitrogens with zero attached hydrogens (tertiary/aromatic N) is 4. The highest BCUT2D eigenvalue weighted by Crippen LogP contribution is 2.31. The molecular weight excluding hydrogens is 461 g/mol. The zero-order chi connectivity index (χ0) is 25.2. The molecule has 0 atom stereocenters. The minimum Gasteiger partial charge on any atom is -0.462 e. The first-order valence-electron chi connectivity index (χ1n) is 11.8. The molecule has 36 heavy (non-hydrogen) atoms. The maximum Gasteiger partial charge on any atom is 0.343 e. The van der Waals surface area contributed by atoms with Crippen molar-refractivity contribution < 1.29 is 13.9 Å². The Labute approximate surface area is 207 Å². The number of hydrogen-bond acceptors (Lipinski definition) is 7. The normalized spacial score (nSPS) is 13.7. The molecule has 9 heteroatoms. The number of halogens is 1. The minimum atomic E-state index is -0.714. The minimum absolute atomic E-state index is 0.107. The van der Waals surface area contributed by atoms with Crippen molar-refractivity contribution in [3.05, 3.63) is 88.6 Å². The Bertz CT molecular complexity index is 1460. The van der Waals surface area contributed by atoms with Crippen molar-refractivity contribution >= 4 is 34.1 Å². The van der Waals surface area contributed by atoms with E-state index in [0.29, 0.717) is 35.4 Å². The molecule has 2 aromatic carbocycles. The van der Waals surface area contributed by atoms with Crippen LogP contribution in [0, 0.1) is 5.82 Å². The van der Waals surface area contributed by atoms with Gasteiger partial charge in [-0.05, 0) is 55.5 Å². The molecular formula is C27H26FN5O3. The molecule has 1 saturated heterocycles. The molecule has 2 N–H and O–H groups in total. The molecule has 0 radical (unpaired) electrons. The number of nitrogen functional groups attached to an aromatic ring is 1. The van der Waals surface area contributed by atoms with Gasteiger partial charge in [0.15, 0.2) is 0 Å². The van der Waals surface area contributed by atoms with Gasteiger partial charge in [-0.2, -0.15) is 0 Å². The second-order valence-electron chi connectivity index (χ2n) is 8.53. The summed E-state index contributed by atoms with van der Waals surface area (Å²) < 4.78 is 20.4. The summed E-state index contributed by atoms with van der Waals surface area (Å²) in [6.45, 7) is 4.78. The number of benzene rings is 2. The van der Waals surface area contributed by atoms with E-state index in [1.165, 1.54) is 18.3 Å². The summed E-state index contributed by atoms with van der Waals surface area (Å²) in [7, 11) is 0. The summed E-state index contributed by atoms with van der Waals surface area (Å²) in [6, 6.07) is 15.2.